The molecule has 188 valence electrons. The molecule has 0 heterocycles. The first-order chi connectivity index (χ1) is 15.4. The summed E-state index contributed by atoms with van der Waals surface area (Å²) in [6.45, 7) is 0. The van der Waals surface area contributed by atoms with Crippen LogP contribution >= 0.6 is 24.4 Å². The van der Waals surface area contributed by atoms with Gasteiger partial charge in [-0.05, 0) is 31.3 Å². The van der Waals surface area contributed by atoms with Crippen LogP contribution in [0.5, 0.6) is 0 Å². The van der Waals surface area contributed by atoms with Crippen LogP contribution in [0.4, 0.5) is 0 Å². The van der Waals surface area contributed by atoms with Crippen LogP contribution in [0.25, 0.3) is 0 Å². The van der Waals surface area contributed by atoms with Crippen molar-refractivity contribution in [1.82, 2.24) is 16.0 Å². The predicted molar refractivity (Wildman–Crippen MR) is 124 cm³/mol. The van der Waals surface area contributed by atoms with Crippen molar-refractivity contribution in [2.24, 2.45) is 11.5 Å². The number of thioether (sulfide) groups is 1. The summed E-state index contributed by atoms with van der Waals surface area (Å²) in [5.74, 6) is -5.27. The van der Waals surface area contributed by atoms with E-state index in [4.69, 9.17) is 16.6 Å². The van der Waals surface area contributed by atoms with Crippen molar-refractivity contribution in [3.05, 3.63) is 0 Å². The second kappa shape index (κ2) is 16.1. The quantitative estimate of drug-likeness (QED) is 0.0974. The Bertz CT molecular complexity index is 724. The first kappa shape index (κ1) is 30.5. The number of carbonyl (C=O) groups excluding carboxylic acids is 4. The summed E-state index contributed by atoms with van der Waals surface area (Å²) in [4.78, 5) is 70.8. The van der Waals surface area contributed by atoms with Crippen LogP contribution in [0.15, 0.2) is 0 Å². The van der Waals surface area contributed by atoms with E-state index in [0.717, 1.165) is 0 Å². The Morgan fingerprint density at radius 1 is 0.848 bits per heavy atom. The molecular weight excluding hydrogens is 478 g/mol. The Labute approximate surface area is 200 Å². The molecule has 0 saturated heterocycles. The van der Waals surface area contributed by atoms with Gasteiger partial charge in [-0.2, -0.15) is 24.4 Å². The van der Waals surface area contributed by atoms with Crippen LogP contribution in [-0.4, -0.2) is 87.7 Å². The zero-order valence-electron chi connectivity index (χ0n) is 18.1. The van der Waals surface area contributed by atoms with Crippen LogP contribution in [0.3, 0.4) is 0 Å². The summed E-state index contributed by atoms with van der Waals surface area (Å²) in [5, 5.41) is 25.2. The number of nitrogens with two attached hydrogens (primary N) is 2. The molecule has 4 amide bonds. The summed E-state index contributed by atoms with van der Waals surface area (Å²) in [6.07, 6.45) is 0.554. The number of carboxylic acid groups (broad SMARTS) is 2. The fraction of sp³-hybridized carbons (Fsp3) is 0.667. The molecule has 0 radical (unpaired) electrons. The highest BCUT2D eigenvalue weighted by Gasteiger charge is 2.30. The van der Waals surface area contributed by atoms with E-state index in [1.807, 2.05) is 0 Å². The highest BCUT2D eigenvalue weighted by molar-refractivity contribution is 7.98. The van der Waals surface area contributed by atoms with Crippen LogP contribution in [-0.2, 0) is 28.8 Å². The lowest BCUT2D eigenvalue weighted by Gasteiger charge is -2.24. The van der Waals surface area contributed by atoms with E-state index in [9.17, 15) is 33.9 Å². The van der Waals surface area contributed by atoms with Crippen LogP contribution < -0.4 is 27.4 Å². The third kappa shape index (κ3) is 12.9. The van der Waals surface area contributed by atoms with Gasteiger partial charge in [0.2, 0.25) is 23.6 Å². The van der Waals surface area contributed by atoms with Crippen molar-refractivity contribution >= 4 is 60.0 Å². The molecule has 0 rings (SSSR count). The average molecular weight is 510 g/mol. The number of primary amides is 1. The van der Waals surface area contributed by atoms with E-state index >= 15 is 0 Å². The SMILES string of the molecule is CSCCC(NC(=O)C(N)CS)C(=O)NC(CCC(=O)O)C(=O)NC(CCC(N)=O)C(=O)O. The van der Waals surface area contributed by atoms with E-state index in [2.05, 4.69) is 28.6 Å². The minimum absolute atomic E-state index is 0.0359. The smallest absolute Gasteiger partial charge is 0.326 e. The van der Waals surface area contributed by atoms with E-state index in [0.29, 0.717) is 5.75 Å². The number of carboxylic acids is 2. The first-order valence-electron chi connectivity index (χ1n) is 9.92. The standard InChI is InChI=1S/C18H31N5O8S2/c1-33-7-6-11(21-15(27)9(19)8-32)17(29)22-10(3-5-14(25)26)16(28)23-12(18(30)31)2-4-13(20)24/h9-12,32H,2-8,19H2,1H3,(H2,20,24)(H,21,27)(H,22,29)(H,23,28)(H,25,26)(H,30,31). The van der Waals surface area contributed by atoms with E-state index < -0.39 is 66.2 Å². The molecule has 0 fully saturated rings. The minimum atomic E-state index is -1.48. The monoisotopic (exact) mass is 509 g/mol. The van der Waals surface area contributed by atoms with Gasteiger partial charge in [0.1, 0.15) is 18.1 Å². The maximum atomic E-state index is 12.8. The number of hydrogen-bond acceptors (Lipinski definition) is 9. The van der Waals surface area contributed by atoms with Gasteiger partial charge in [0.05, 0.1) is 6.04 Å². The van der Waals surface area contributed by atoms with Gasteiger partial charge < -0.3 is 37.6 Å². The summed E-state index contributed by atoms with van der Waals surface area (Å²) in [5.41, 5.74) is 10.6. The van der Waals surface area contributed by atoms with Crippen molar-refractivity contribution in [3.8, 4) is 0 Å². The number of nitrogens with one attached hydrogen (secondary N) is 3. The number of rotatable bonds is 17. The molecule has 0 aromatic rings. The molecule has 0 saturated carbocycles. The number of thiol groups is 1. The van der Waals surface area contributed by atoms with Gasteiger partial charge in [-0.15, -0.1) is 0 Å². The Hall–Kier alpha value is -2.52. The number of amides is 4. The molecule has 0 spiro atoms. The fourth-order valence-electron chi connectivity index (χ4n) is 2.49. The van der Waals surface area contributed by atoms with Crippen molar-refractivity contribution in [1.29, 1.82) is 0 Å². The van der Waals surface area contributed by atoms with Crippen molar-refractivity contribution in [2.75, 3.05) is 17.8 Å². The molecule has 9 N–H and O–H groups in total. The second-order valence-corrected chi connectivity index (χ2v) is 8.38. The van der Waals surface area contributed by atoms with Crippen LogP contribution in [0, 0.1) is 0 Å². The molecule has 0 aromatic carbocycles. The molecule has 0 aliphatic rings. The van der Waals surface area contributed by atoms with Gasteiger partial charge in [-0.1, -0.05) is 0 Å². The van der Waals surface area contributed by atoms with Crippen molar-refractivity contribution in [2.45, 2.75) is 56.3 Å². The number of aliphatic carboxylic acids is 2. The molecule has 15 heteroatoms. The van der Waals surface area contributed by atoms with Crippen molar-refractivity contribution < 1.29 is 39.0 Å². The third-order valence-electron chi connectivity index (χ3n) is 4.35. The van der Waals surface area contributed by atoms with Gasteiger partial charge in [-0.3, -0.25) is 24.0 Å². The zero-order chi connectivity index (χ0) is 25.6. The van der Waals surface area contributed by atoms with Gasteiger partial charge in [0, 0.05) is 18.6 Å². The maximum Gasteiger partial charge on any atom is 0.326 e. The van der Waals surface area contributed by atoms with E-state index in [-0.39, 0.29) is 31.4 Å². The third-order valence-corrected chi connectivity index (χ3v) is 5.39. The normalized spacial score (nSPS) is 14.3. The minimum Gasteiger partial charge on any atom is -0.481 e. The highest BCUT2D eigenvalue weighted by Crippen LogP contribution is 2.06. The largest absolute Gasteiger partial charge is 0.481 e. The lowest BCUT2D eigenvalue weighted by atomic mass is 10.1. The van der Waals surface area contributed by atoms with Crippen LogP contribution in [0.2, 0.25) is 0 Å². The average Bonchev–Trinajstić information content (AvgIpc) is 2.74. The molecule has 0 aliphatic carbocycles. The van der Waals surface area contributed by atoms with Gasteiger partial charge in [0.25, 0.3) is 0 Å². The fourth-order valence-corrected chi connectivity index (χ4v) is 3.13. The highest BCUT2D eigenvalue weighted by atomic mass is 32.2. The summed E-state index contributed by atoms with van der Waals surface area (Å²) >= 11 is 5.34. The van der Waals surface area contributed by atoms with Gasteiger partial charge >= 0.3 is 11.9 Å². The summed E-state index contributed by atoms with van der Waals surface area (Å²) in [6, 6.07) is -4.92. The Balaban J connectivity index is 5.49. The molecule has 0 aliphatic heterocycles. The molecule has 0 bridgehead atoms. The first-order valence-corrected chi connectivity index (χ1v) is 11.9. The van der Waals surface area contributed by atoms with Gasteiger partial charge in [-0.25, -0.2) is 4.79 Å². The molecular formula is C18H31N5O8S2. The Morgan fingerprint density at radius 2 is 1.33 bits per heavy atom. The molecule has 0 aromatic heterocycles. The molecule has 4 unspecified atom stereocenters. The Kier molecular flexibility index (Phi) is 14.9. The van der Waals surface area contributed by atoms with Gasteiger partial charge in [0.15, 0.2) is 0 Å². The molecule has 13 nitrogen and oxygen atoms in total. The predicted octanol–water partition coefficient (Wildman–Crippen LogP) is -2.33. The second-order valence-electron chi connectivity index (χ2n) is 7.03. The summed E-state index contributed by atoms with van der Waals surface area (Å²) in [7, 11) is 0. The lowest BCUT2D eigenvalue weighted by Crippen LogP contribution is -2.57. The Morgan fingerprint density at radius 3 is 1.79 bits per heavy atom. The zero-order valence-corrected chi connectivity index (χ0v) is 19.8. The summed E-state index contributed by atoms with van der Waals surface area (Å²) < 4.78 is 0. The van der Waals surface area contributed by atoms with E-state index in [1.54, 1.807) is 6.26 Å². The van der Waals surface area contributed by atoms with Crippen LogP contribution in [0.1, 0.15) is 32.1 Å². The number of hydrogen-bond donors (Lipinski definition) is 8. The molecule has 33 heavy (non-hydrogen) atoms. The number of carbonyl (C=O) groups is 6. The molecule has 4 atom stereocenters. The van der Waals surface area contributed by atoms with Crippen molar-refractivity contribution in [3.63, 3.8) is 0 Å². The van der Waals surface area contributed by atoms with E-state index in [1.165, 1.54) is 11.8 Å². The topological polar surface area (TPSA) is 231 Å². The maximum absolute atomic E-state index is 12.8. The lowest BCUT2D eigenvalue weighted by molar-refractivity contribution is -0.143.